The number of aromatic nitrogens is 1. The molecule has 4 aromatic rings. The molecule has 1 fully saturated rings. The summed E-state index contributed by atoms with van der Waals surface area (Å²) in [5, 5.41) is 6.88. The lowest BCUT2D eigenvalue weighted by molar-refractivity contribution is -0.137. The Morgan fingerprint density at radius 3 is 2.22 bits per heavy atom. The topological polar surface area (TPSA) is 40.2 Å². The Labute approximate surface area is 244 Å². The molecule has 1 aromatic heterocycles. The summed E-state index contributed by atoms with van der Waals surface area (Å²) in [6, 6.07) is 24.2. The normalized spacial score (nSPS) is 13.8. The SMILES string of the molecule is FC(F)(F)c1cccc(CNCc2ccnc(-c3cc(N4CCCCC4)ccc3NCc3cccc(CCl)c3)c2)c1. The quantitative estimate of drug-likeness (QED) is 0.185. The van der Waals surface area contributed by atoms with E-state index in [1.165, 1.54) is 37.1 Å². The lowest BCUT2D eigenvalue weighted by Crippen LogP contribution is -2.29. The molecular formula is C33H34ClF3N4. The van der Waals surface area contributed by atoms with Gasteiger partial charge in [0.2, 0.25) is 0 Å². The molecule has 3 aromatic carbocycles. The highest BCUT2D eigenvalue weighted by atomic mass is 35.5. The lowest BCUT2D eigenvalue weighted by Gasteiger charge is -2.29. The molecule has 0 atom stereocenters. The van der Waals surface area contributed by atoms with Gasteiger partial charge in [0.1, 0.15) is 0 Å². The van der Waals surface area contributed by atoms with Crippen molar-refractivity contribution in [1.29, 1.82) is 0 Å². The first kappa shape index (κ1) is 29.0. The minimum atomic E-state index is -4.35. The van der Waals surface area contributed by atoms with Crippen LogP contribution in [0.4, 0.5) is 24.5 Å². The summed E-state index contributed by atoms with van der Waals surface area (Å²) in [5.41, 5.74) is 7.23. The molecule has 0 radical (unpaired) electrons. The van der Waals surface area contributed by atoms with Crippen LogP contribution in [0, 0.1) is 0 Å². The average molecular weight is 579 g/mol. The van der Waals surface area contributed by atoms with E-state index < -0.39 is 11.7 Å². The molecule has 5 rings (SSSR count). The third kappa shape index (κ3) is 7.80. The molecule has 0 unspecified atom stereocenters. The molecule has 214 valence electrons. The van der Waals surface area contributed by atoms with Gasteiger partial charge in [-0.25, -0.2) is 0 Å². The fourth-order valence-electron chi connectivity index (χ4n) is 5.21. The number of nitrogens with one attached hydrogen (secondary N) is 2. The Balaban J connectivity index is 1.35. The highest BCUT2D eigenvalue weighted by Gasteiger charge is 2.30. The fourth-order valence-corrected chi connectivity index (χ4v) is 5.37. The van der Waals surface area contributed by atoms with Crippen molar-refractivity contribution in [3.63, 3.8) is 0 Å². The van der Waals surface area contributed by atoms with Crippen molar-refractivity contribution in [2.45, 2.75) is 51.0 Å². The molecule has 0 spiro atoms. The second-order valence-electron chi connectivity index (χ2n) is 10.4. The first-order chi connectivity index (χ1) is 19.9. The van der Waals surface area contributed by atoms with Crippen molar-refractivity contribution in [3.05, 3.63) is 113 Å². The monoisotopic (exact) mass is 578 g/mol. The van der Waals surface area contributed by atoms with Gasteiger partial charge in [-0.1, -0.05) is 42.5 Å². The predicted molar refractivity (Wildman–Crippen MR) is 161 cm³/mol. The Bertz CT molecular complexity index is 1450. The number of benzene rings is 3. The molecule has 0 saturated carbocycles. The molecule has 0 aliphatic carbocycles. The van der Waals surface area contributed by atoms with E-state index in [4.69, 9.17) is 16.6 Å². The summed E-state index contributed by atoms with van der Waals surface area (Å²) in [4.78, 5) is 7.15. The van der Waals surface area contributed by atoms with Gasteiger partial charge in [0.25, 0.3) is 0 Å². The predicted octanol–water partition coefficient (Wildman–Crippen LogP) is 8.40. The van der Waals surface area contributed by atoms with E-state index in [1.54, 1.807) is 12.3 Å². The van der Waals surface area contributed by atoms with Gasteiger partial charge < -0.3 is 15.5 Å². The Hall–Kier alpha value is -3.55. The van der Waals surface area contributed by atoms with E-state index in [0.29, 0.717) is 31.1 Å². The van der Waals surface area contributed by atoms with Crippen molar-refractivity contribution in [2.75, 3.05) is 23.3 Å². The smallest absolute Gasteiger partial charge is 0.380 e. The first-order valence-corrected chi connectivity index (χ1v) is 14.5. The number of halogens is 4. The molecular weight excluding hydrogens is 545 g/mol. The molecule has 0 bridgehead atoms. The summed E-state index contributed by atoms with van der Waals surface area (Å²) in [7, 11) is 0. The number of hydrogen-bond acceptors (Lipinski definition) is 4. The molecule has 8 heteroatoms. The van der Waals surface area contributed by atoms with Gasteiger partial charge in [-0.15, -0.1) is 11.6 Å². The summed E-state index contributed by atoms with van der Waals surface area (Å²) in [6.07, 6.45) is 1.09. The maximum absolute atomic E-state index is 13.1. The number of piperidine rings is 1. The van der Waals surface area contributed by atoms with E-state index in [2.05, 4.69) is 45.9 Å². The van der Waals surface area contributed by atoms with E-state index >= 15 is 0 Å². The van der Waals surface area contributed by atoms with Crippen LogP contribution < -0.4 is 15.5 Å². The van der Waals surface area contributed by atoms with Crippen LogP contribution in [0.1, 0.15) is 47.1 Å². The van der Waals surface area contributed by atoms with Gasteiger partial charge in [0.05, 0.1) is 11.3 Å². The third-order valence-corrected chi connectivity index (χ3v) is 7.67. The van der Waals surface area contributed by atoms with Crippen LogP contribution in [0.2, 0.25) is 0 Å². The number of alkyl halides is 4. The maximum Gasteiger partial charge on any atom is 0.416 e. The van der Waals surface area contributed by atoms with Crippen LogP contribution in [-0.2, 0) is 31.7 Å². The van der Waals surface area contributed by atoms with Crippen LogP contribution in [-0.4, -0.2) is 18.1 Å². The molecule has 0 amide bonds. The molecule has 1 saturated heterocycles. The molecule has 1 aliphatic heterocycles. The number of pyridine rings is 1. The largest absolute Gasteiger partial charge is 0.416 e. The van der Waals surface area contributed by atoms with Crippen molar-refractivity contribution in [2.24, 2.45) is 0 Å². The van der Waals surface area contributed by atoms with E-state index in [1.807, 2.05) is 24.3 Å². The zero-order valence-corrected chi connectivity index (χ0v) is 23.6. The Morgan fingerprint density at radius 2 is 1.46 bits per heavy atom. The summed E-state index contributed by atoms with van der Waals surface area (Å²) in [6.45, 7) is 3.58. The van der Waals surface area contributed by atoms with Gasteiger partial charge in [-0.2, -0.15) is 13.2 Å². The van der Waals surface area contributed by atoms with Gasteiger partial charge >= 0.3 is 6.18 Å². The standard InChI is InChI=1S/C33H34ClF3N4/c34-20-24-6-4-7-25(16-24)23-40-31-11-10-29(41-14-2-1-3-15-41)19-30(31)32-18-27(12-13-39-32)22-38-21-26-8-5-9-28(17-26)33(35,36)37/h4-13,16-19,38,40H,1-3,14-15,20-23H2. The van der Waals surface area contributed by atoms with Gasteiger partial charge in [-0.05, 0) is 77.9 Å². The third-order valence-electron chi connectivity index (χ3n) is 7.37. The highest BCUT2D eigenvalue weighted by Crippen LogP contribution is 2.33. The molecule has 1 aliphatic rings. The van der Waals surface area contributed by atoms with Crippen LogP contribution in [0.25, 0.3) is 11.3 Å². The van der Waals surface area contributed by atoms with E-state index in [0.717, 1.165) is 52.8 Å². The number of rotatable bonds is 10. The van der Waals surface area contributed by atoms with Crippen LogP contribution in [0.5, 0.6) is 0 Å². The second kappa shape index (κ2) is 13.4. The molecule has 41 heavy (non-hydrogen) atoms. The van der Waals surface area contributed by atoms with Crippen LogP contribution in [0.15, 0.2) is 85.1 Å². The zero-order valence-electron chi connectivity index (χ0n) is 22.9. The van der Waals surface area contributed by atoms with Crippen molar-refractivity contribution >= 4 is 23.0 Å². The van der Waals surface area contributed by atoms with E-state index in [9.17, 15) is 13.2 Å². The van der Waals surface area contributed by atoms with Gasteiger partial charge in [-0.3, -0.25) is 4.98 Å². The highest BCUT2D eigenvalue weighted by molar-refractivity contribution is 6.17. The second-order valence-corrected chi connectivity index (χ2v) is 10.7. The summed E-state index contributed by atoms with van der Waals surface area (Å²) >= 11 is 6.04. The maximum atomic E-state index is 13.1. The molecule has 2 N–H and O–H groups in total. The van der Waals surface area contributed by atoms with E-state index in [-0.39, 0.29) is 0 Å². The number of anilines is 2. The van der Waals surface area contributed by atoms with Crippen LogP contribution >= 0.6 is 11.6 Å². The summed E-state index contributed by atoms with van der Waals surface area (Å²) < 4.78 is 39.3. The van der Waals surface area contributed by atoms with Gasteiger partial charge in [0, 0.05) is 61.7 Å². The van der Waals surface area contributed by atoms with Crippen LogP contribution in [0.3, 0.4) is 0 Å². The molecule has 4 nitrogen and oxygen atoms in total. The minimum absolute atomic E-state index is 0.334. The lowest BCUT2D eigenvalue weighted by atomic mass is 10.0. The zero-order chi connectivity index (χ0) is 28.7. The number of hydrogen-bond donors (Lipinski definition) is 2. The van der Waals surface area contributed by atoms with Gasteiger partial charge in [0.15, 0.2) is 0 Å². The Morgan fingerprint density at radius 1 is 0.756 bits per heavy atom. The van der Waals surface area contributed by atoms with Crippen molar-refractivity contribution in [1.82, 2.24) is 10.3 Å². The van der Waals surface area contributed by atoms with Crippen molar-refractivity contribution in [3.8, 4) is 11.3 Å². The average Bonchev–Trinajstić information content (AvgIpc) is 3.00. The number of nitrogens with zero attached hydrogens (tertiary/aromatic N) is 2. The Kier molecular flexibility index (Phi) is 9.47. The molecule has 2 heterocycles. The fraction of sp³-hybridized carbons (Fsp3) is 0.303. The van der Waals surface area contributed by atoms with Crippen molar-refractivity contribution < 1.29 is 13.2 Å². The summed E-state index contributed by atoms with van der Waals surface area (Å²) in [5.74, 6) is 0.474. The minimum Gasteiger partial charge on any atom is -0.380 e. The first-order valence-electron chi connectivity index (χ1n) is 14.0.